The van der Waals surface area contributed by atoms with Gasteiger partial charge in [0.05, 0.1) is 0 Å². The van der Waals surface area contributed by atoms with Crippen LogP contribution in [0.3, 0.4) is 0 Å². The molecule has 1 fully saturated rings. The monoisotopic (exact) mass is 203 g/mol. The van der Waals surface area contributed by atoms with Crippen LogP contribution in [0.15, 0.2) is 24.3 Å². The van der Waals surface area contributed by atoms with Gasteiger partial charge in [-0.1, -0.05) is 44.0 Å². The molecule has 1 atom stereocenters. The lowest BCUT2D eigenvalue weighted by Gasteiger charge is -2.26. The van der Waals surface area contributed by atoms with Gasteiger partial charge in [-0.2, -0.15) is 0 Å². The summed E-state index contributed by atoms with van der Waals surface area (Å²) in [6.45, 7) is 2.19. The molecule has 0 saturated heterocycles. The highest BCUT2D eigenvalue weighted by Crippen LogP contribution is 2.37. The number of hydrogen-bond acceptors (Lipinski definition) is 1. The quantitative estimate of drug-likeness (QED) is 0.792. The second-order valence-corrected chi connectivity index (χ2v) is 4.69. The van der Waals surface area contributed by atoms with Gasteiger partial charge < -0.3 is 5.73 Å². The number of nitrogens with two attached hydrogens (primary N) is 1. The maximum Gasteiger partial charge on any atom is 0.0294 e. The van der Waals surface area contributed by atoms with Crippen molar-refractivity contribution >= 4 is 0 Å². The zero-order chi connectivity index (χ0) is 10.7. The van der Waals surface area contributed by atoms with Crippen molar-refractivity contribution in [1.82, 2.24) is 0 Å². The molecule has 1 aliphatic rings. The first-order valence-electron chi connectivity index (χ1n) is 6.16. The van der Waals surface area contributed by atoms with Crippen LogP contribution in [0.2, 0.25) is 0 Å². The molecule has 82 valence electrons. The molecule has 0 aromatic heterocycles. The molecule has 1 nitrogen and oxygen atoms in total. The Morgan fingerprint density at radius 2 is 2.20 bits per heavy atom. The van der Waals surface area contributed by atoms with Crippen molar-refractivity contribution in [2.45, 2.75) is 51.0 Å². The Bertz CT molecular complexity index is 315. The molecular weight excluding hydrogens is 182 g/mol. The van der Waals surface area contributed by atoms with Crippen LogP contribution >= 0.6 is 0 Å². The van der Waals surface area contributed by atoms with Crippen LogP contribution in [0.1, 0.15) is 62.1 Å². The van der Waals surface area contributed by atoms with Crippen LogP contribution in [0, 0.1) is 0 Å². The summed E-state index contributed by atoms with van der Waals surface area (Å²) in [5.41, 5.74) is 8.96. The average molecular weight is 203 g/mol. The van der Waals surface area contributed by atoms with E-state index in [0.29, 0.717) is 0 Å². The normalized spacial score (nSPS) is 18.5. The fraction of sp³-hybridized carbons (Fsp3) is 0.571. The highest BCUT2D eigenvalue weighted by atomic mass is 14.6. The SMILES string of the molecule is CCCC(N)c1cccc(C2CCC2)c1. The van der Waals surface area contributed by atoms with Crippen molar-refractivity contribution in [3.05, 3.63) is 35.4 Å². The molecule has 0 amide bonds. The maximum absolute atomic E-state index is 6.13. The third-order valence-corrected chi connectivity index (χ3v) is 3.52. The van der Waals surface area contributed by atoms with Gasteiger partial charge in [-0.25, -0.2) is 0 Å². The van der Waals surface area contributed by atoms with E-state index in [2.05, 4.69) is 31.2 Å². The van der Waals surface area contributed by atoms with E-state index in [1.54, 1.807) is 0 Å². The van der Waals surface area contributed by atoms with Crippen LogP contribution in [0.5, 0.6) is 0 Å². The summed E-state index contributed by atoms with van der Waals surface area (Å²) in [5, 5.41) is 0. The summed E-state index contributed by atoms with van der Waals surface area (Å²) < 4.78 is 0. The Balaban J connectivity index is 2.10. The van der Waals surface area contributed by atoms with Crippen molar-refractivity contribution in [2.24, 2.45) is 5.73 Å². The third-order valence-electron chi connectivity index (χ3n) is 3.52. The summed E-state index contributed by atoms with van der Waals surface area (Å²) in [4.78, 5) is 0. The summed E-state index contributed by atoms with van der Waals surface area (Å²) in [6, 6.07) is 9.15. The predicted molar refractivity (Wildman–Crippen MR) is 64.9 cm³/mol. The van der Waals surface area contributed by atoms with Crippen molar-refractivity contribution in [2.75, 3.05) is 0 Å². The Labute approximate surface area is 92.7 Å². The first-order chi connectivity index (χ1) is 7.31. The van der Waals surface area contributed by atoms with E-state index in [4.69, 9.17) is 5.73 Å². The van der Waals surface area contributed by atoms with E-state index >= 15 is 0 Å². The van der Waals surface area contributed by atoms with Gasteiger partial charge in [0.2, 0.25) is 0 Å². The van der Waals surface area contributed by atoms with Crippen LogP contribution in [0.4, 0.5) is 0 Å². The van der Waals surface area contributed by atoms with E-state index in [1.807, 2.05) is 0 Å². The van der Waals surface area contributed by atoms with Gasteiger partial charge in [0, 0.05) is 6.04 Å². The fourth-order valence-electron chi connectivity index (χ4n) is 2.26. The van der Waals surface area contributed by atoms with E-state index in [9.17, 15) is 0 Å². The van der Waals surface area contributed by atoms with Gasteiger partial charge in [0.1, 0.15) is 0 Å². The van der Waals surface area contributed by atoms with E-state index < -0.39 is 0 Å². The lowest BCUT2D eigenvalue weighted by Crippen LogP contribution is -2.12. The van der Waals surface area contributed by atoms with Crippen molar-refractivity contribution in [1.29, 1.82) is 0 Å². The van der Waals surface area contributed by atoms with Gasteiger partial charge in [0.25, 0.3) is 0 Å². The second kappa shape index (κ2) is 4.80. The number of rotatable bonds is 4. The summed E-state index contributed by atoms with van der Waals surface area (Å²) >= 11 is 0. The summed E-state index contributed by atoms with van der Waals surface area (Å²) in [5.74, 6) is 0.818. The second-order valence-electron chi connectivity index (χ2n) is 4.69. The highest BCUT2D eigenvalue weighted by molar-refractivity contribution is 5.29. The zero-order valence-electron chi connectivity index (χ0n) is 9.58. The van der Waals surface area contributed by atoms with Crippen LogP contribution in [-0.2, 0) is 0 Å². The highest BCUT2D eigenvalue weighted by Gasteiger charge is 2.19. The van der Waals surface area contributed by atoms with Crippen LogP contribution in [-0.4, -0.2) is 0 Å². The summed E-state index contributed by atoms with van der Waals surface area (Å²) in [7, 11) is 0. The molecule has 15 heavy (non-hydrogen) atoms. The largest absolute Gasteiger partial charge is 0.324 e. The first-order valence-corrected chi connectivity index (χ1v) is 6.16. The van der Waals surface area contributed by atoms with Gasteiger partial charge in [-0.3, -0.25) is 0 Å². The molecule has 1 aromatic carbocycles. The molecule has 1 heteroatoms. The lowest BCUT2D eigenvalue weighted by atomic mass is 9.79. The maximum atomic E-state index is 6.13. The topological polar surface area (TPSA) is 26.0 Å². The number of benzene rings is 1. The standard InChI is InChI=1S/C14H21N/c1-2-5-14(15)13-9-4-8-12(10-13)11-6-3-7-11/h4,8-11,14H,2-3,5-7,15H2,1H3. The van der Waals surface area contributed by atoms with Gasteiger partial charge in [-0.05, 0) is 36.3 Å². The Morgan fingerprint density at radius 1 is 1.40 bits per heavy atom. The molecule has 2 rings (SSSR count). The molecule has 0 heterocycles. The fourth-order valence-corrected chi connectivity index (χ4v) is 2.26. The Morgan fingerprint density at radius 3 is 2.80 bits per heavy atom. The van der Waals surface area contributed by atoms with E-state index in [0.717, 1.165) is 18.8 Å². The van der Waals surface area contributed by atoms with Gasteiger partial charge in [0.15, 0.2) is 0 Å². The van der Waals surface area contributed by atoms with Crippen molar-refractivity contribution in [3.63, 3.8) is 0 Å². The molecule has 2 N–H and O–H groups in total. The van der Waals surface area contributed by atoms with E-state index in [-0.39, 0.29) is 6.04 Å². The van der Waals surface area contributed by atoms with E-state index in [1.165, 1.54) is 30.4 Å². The molecular formula is C14H21N. The molecule has 1 saturated carbocycles. The molecule has 1 aliphatic carbocycles. The molecule has 0 aliphatic heterocycles. The Kier molecular flexibility index (Phi) is 3.42. The molecule has 0 spiro atoms. The minimum atomic E-state index is 0.232. The average Bonchev–Trinajstić information content (AvgIpc) is 2.16. The lowest BCUT2D eigenvalue weighted by molar-refractivity contribution is 0.419. The molecule has 1 aromatic rings. The van der Waals surface area contributed by atoms with Crippen LogP contribution < -0.4 is 5.73 Å². The predicted octanol–water partition coefficient (Wildman–Crippen LogP) is 3.75. The van der Waals surface area contributed by atoms with Gasteiger partial charge >= 0.3 is 0 Å². The van der Waals surface area contributed by atoms with Crippen LogP contribution in [0.25, 0.3) is 0 Å². The summed E-state index contributed by atoms with van der Waals surface area (Å²) in [6.07, 6.45) is 6.39. The van der Waals surface area contributed by atoms with Crippen molar-refractivity contribution < 1.29 is 0 Å². The minimum absolute atomic E-state index is 0.232. The number of hydrogen-bond donors (Lipinski definition) is 1. The molecule has 1 unspecified atom stereocenters. The zero-order valence-corrected chi connectivity index (χ0v) is 9.58. The van der Waals surface area contributed by atoms with Gasteiger partial charge in [-0.15, -0.1) is 0 Å². The minimum Gasteiger partial charge on any atom is -0.324 e. The Hall–Kier alpha value is -0.820. The smallest absolute Gasteiger partial charge is 0.0294 e. The first kappa shape index (κ1) is 10.7. The third kappa shape index (κ3) is 2.40. The van der Waals surface area contributed by atoms with Crippen molar-refractivity contribution in [3.8, 4) is 0 Å². The molecule has 0 bridgehead atoms. The molecule has 0 radical (unpaired) electrons.